The maximum atomic E-state index is 12.9. The van der Waals surface area contributed by atoms with Gasteiger partial charge >= 0.3 is 0 Å². The smallest absolute Gasteiger partial charge is 0.241 e. The van der Waals surface area contributed by atoms with Crippen LogP contribution in [0.4, 0.5) is 5.95 Å². The van der Waals surface area contributed by atoms with E-state index in [0.29, 0.717) is 17.0 Å². The van der Waals surface area contributed by atoms with Gasteiger partial charge in [-0.15, -0.1) is 0 Å². The Bertz CT molecular complexity index is 1070. The first-order valence-electron chi connectivity index (χ1n) is 9.10. The van der Waals surface area contributed by atoms with E-state index < -0.39 is 10.0 Å². The van der Waals surface area contributed by atoms with Crippen LogP contribution in [0.5, 0.6) is 0 Å². The highest BCUT2D eigenvalue weighted by Crippen LogP contribution is 2.23. The van der Waals surface area contributed by atoms with Crippen molar-refractivity contribution in [2.45, 2.75) is 31.2 Å². The average molecular weight is 382 g/mol. The predicted molar refractivity (Wildman–Crippen MR) is 106 cm³/mol. The molecule has 0 aliphatic carbocycles. The average Bonchev–Trinajstić information content (AvgIpc) is 3.20. The SMILES string of the molecule is Cc1cc(CNS(=O)(=O)c2cccc3ccccc23)nc(N2CCCC2)n1. The van der Waals surface area contributed by atoms with E-state index in [9.17, 15) is 8.42 Å². The first kappa shape index (κ1) is 17.9. The largest absolute Gasteiger partial charge is 0.341 e. The van der Waals surface area contributed by atoms with Crippen LogP contribution in [0.2, 0.25) is 0 Å². The Morgan fingerprint density at radius 1 is 1.04 bits per heavy atom. The molecule has 1 aliphatic rings. The first-order chi connectivity index (χ1) is 13.0. The van der Waals surface area contributed by atoms with Crippen LogP contribution in [0, 0.1) is 6.92 Å². The summed E-state index contributed by atoms with van der Waals surface area (Å²) in [6.07, 6.45) is 2.28. The minimum atomic E-state index is -3.65. The van der Waals surface area contributed by atoms with Gasteiger partial charge in [0, 0.05) is 24.2 Å². The maximum absolute atomic E-state index is 12.9. The quantitative estimate of drug-likeness (QED) is 0.734. The summed E-state index contributed by atoms with van der Waals surface area (Å²) in [6, 6.07) is 14.6. The third kappa shape index (κ3) is 3.79. The Morgan fingerprint density at radius 3 is 2.59 bits per heavy atom. The molecule has 1 N–H and O–H groups in total. The second kappa shape index (κ2) is 7.25. The predicted octanol–water partition coefficient (Wildman–Crippen LogP) is 3.02. The topological polar surface area (TPSA) is 75.2 Å². The fourth-order valence-electron chi connectivity index (χ4n) is 3.44. The van der Waals surface area contributed by atoms with Gasteiger partial charge in [0.05, 0.1) is 17.1 Å². The molecule has 2 heterocycles. The minimum Gasteiger partial charge on any atom is -0.341 e. The summed E-state index contributed by atoms with van der Waals surface area (Å²) in [5, 5.41) is 1.61. The Labute approximate surface area is 159 Å². The zero-order valence-corrected chi connectivity index (χ0v) is 16.0. The summed E-state index contributed by atoms with van der Waals surface area (Å²) < 4.78 is 28.5. The van der Waals surface area contributed by atoms with Crippen LogP contribution >= 0.6 is 0 Å². The highest BCUT2D eigenvalue weighted by molar-refractivity contribution is 7.89. The minimum absolute atomic E-state index is 0.135. The van der Waals surface area contributed by atoms with Crippen molar-refractivity contribution in [3.63, 3.8) is 0 Å². The lowest BCUT2D eigenvalue weighted by Crippen LogP contribution is -2.25. The van der Waals surface area contributed by atoms with E-state index in [4.69, 9.17) is 0 Å². The molecular formula is C20H22N4O2S. The molecule has 1 aliphatic heterocycles. The third-order valence-electron chi connectivity index (χ3n) is 4.77. The summed E-state index contributed by atoms with van der Waals surface area (Å²) in [5.74, 6) is 0.687. The summed E-state index contributed by atoms with van der Waals surface area (Å²) >= 11 is 0. The van der Waals surface area contributed by atoms with Crippen molar-refractivity contribution in [2.75, 3.05) is 18.0 Å². The number of sulfonamides is 1. The van der Waals surface area contributed by atoms with Gasteiger partial charge in [-0.1, -0.05) is 36.4 Å². The number of fused-ring (bicyclic) bond motifs is 1. The van der Waals surface area contributed by atoms with Crippen molar-refractivity contribution < 1.29 is 8.42 Å². The molecule has 0 spiro atoms. The Morgan fingerprint density at radius 2 is 1.78 bits per heavy atom. The monoisotopic (exact) mass is 382 g/mol. The van der Waals surface area contributed by atoms with Crippen LogP contribution in [0.15, 0.2) is 53.4 Å². The molecule has 1 aromatic heterocycles. The molecule has 0 unspecified atom stereocenters. The molecule has 6 nitrogen and oxygen atoms in total. The molecule has 140 valence electrons. The summed E-state index contributed by atoms with van der Waals surface area (Å²) in [4.78, 5) is 11.5. The van der Waals surface area contributed by atoms with Gasteiger partial charge < -0.3 is 4.90 Å². The third-order valence-corrected chi connectivity index (χ3v) is 6.23. The van der Waals surface area contributed by atoms with Crippen molar-refractivity contribution in [3.8, 4) is 0 Å². The van der Waals surface area contributed by atoms with Crippen molar-refractivity contribution in [1.82, 2.24) is 14.7 Å². The molecule has 4 rings (SSSR count). The van der Waals surface area contributed by atoms with E-state index in [-0.39, 0.29) is 11.4 Å². The van der Waals surface area contributed by atoms with E-state index in [1.807, 2.05) is 43.3 Å². The van der Waals surface area contributed by atoms with E-state index >= 15 is 0 Å². The van der Waals surface area contributed by atoms with Crippen molar-refractivity contribution in [2.24, 2.45) is 0 Å². The van der Waals surface area contributed by atoms with E-state index in [0.717, 1.165) is 37.0 Å². The number of anilines is 1. The van der Waals surface area contributed by atoms with Crippen LogP contribution in [-0.2, 0) is 16.6 Å². The summed E-state index contributed by atoms with van der Waals surface area (Å²) in [7, 11) is -3.65. The van der Waals surface area contributed by atoms with Gasteiger partial charge in [-0.25, -0.2) is 23.1 Å². The van der Waals surface area contributed by atoms with Gasteiger partial charge in [-0.05, 0) is 37.3 Å². The van der Waals surface area contributed by atoms with Crippen LogP contribution in [0.25, 0.3) is 10.8 Å². The molecular weight excluding hydrogens is 360 g/mol. The van der Waals surface area contributed by atoms with Gasteiger partial charge in [0.1, 0.15) is 0 Å². The second-order valence-electron chi connectivity index (χ2n) is 6.80. The zero-order valence-electron chi connectivity index (χ0n) is 15.2. The highest BCUT2D eigenvalue weighted by Gasteiger charge is 2.19. The first-order valence-corrected chi connectivity index (χ1v) is 10.6. The molecule has 2 aromatic carbocycles. The normalized spacial score (nSPS) is 14.8. The standard InChI is InChI=1S/C20H22N4O2S/c1-15-13-17(23-20(22-15)24-11-4-5-12-24)14-21-27(25,26)19-10-6-8-16-7-2-3-9-18(16)19/h2-3,6-10,13,21H,4-5,11-12,14H2,1H3. The lowest BCUT2D eigenvalue weighted by Gasteiger charge is -2.16. The van der Waals surface area contributed by atoms with Crippen LogP contribution in [-0.4, -0.2) is 31.5 Å². The van der Waals surface area contributed by atoms with E-state index in [1.54, 1.807) is 12.1 Å². The molecule has 7 heteroatoms. The number of benzene rings is 2. The molecule has 0 amide bonds. The Balaban J connectivity index is 1.59. The van der Waals surface area contributed by atoms with Crippen molar-refractivity contribution >= 4 is 26.7 Å². The van der Waals surface area contributed by atoms with Gasteiger partial charge in [-0.2, -0.15) is 0 Å². The van der Waals surface area contributed by atoms with Crippen LogP contribution in [0.1, 0.15) is 24.2 Å². The van der Waals surface area contributed by atoms with Crippen molar-refractivity contribution in [1.29, 1.82) is 0 Å². The number of aryl methyl sites for hydroxylation is 1. The molecule has 0 radical (unpaired) electrons. The van der Waals surface area contributed by atoms with Crippen LogP contribution in [0.3, 0.4) is 0 Å². The zero-order chi connectivity index (χ0) is 18.9. The Kier molecular flexibility index (Phi) is 4.80. The van der Waals surface area contributed by atoms with E-state index in [1.165, 1.54) is 0 Å². The number of aromatic nitrogens is 2. The molecule has 0 saturated carbocycles. The number of hydrogen-bond acceptors (Lipinski definition) is 5. The highest BCUT2D eigenvalue weighted by atomic mass is 32.2. The number of nitrogens with one attached hydrogen (secondary N) is 1. The van der Waals surface area contributed by atoms with E-state index in [2.05, 4.69) is 19.6 Å². The lowest BCUT2D eigenvalue weighted by molar-refractivity contribution is 0.581. The van der Waals surface area contributed by atoms with Gasteiger partial charge in [0.2, 0.25) is 16.0 Å². The summed E-state index contributed by atoms with van der Waals surface area (Å²) in [6.45, 7) is 3.94. The van der Waals surface area contributed by atoms with Gasteiger partial charge in [0.25, 0.3) is 0 Å². The van der Waals surface area contributed by atoms with Gasteiger partial charge in [-0.3, -0.25) is 0 Å². The fraction of sp³-hybridized carbons (Fsp3) is 0.300. The molecule has 1 fully saturated rings. The molecule has 0 atom stereocenters. The van der Waals surface area contributed by atoms with Crippen LogP contribution < -0.4 is 9.62 Å². The Hall–Kier alpha value is -2.51. The van der Waals surface area contributed by atoms with Crippen molar-refractivity contribution in [3.05, 3.63) is 59.9 Å². The molecule has 0 bridgehead atoms. The lowest BCUT2D eigenvalue weighted by atomic mass is 10.1. The molecule has 27 heavy (non-hydrogen) atoms. The number of hydrogen-bond donors (Lipinski definition) is 1. The number of nitrogens with zero attached hydrogens (tertiary/aromatic N) is 3. The number of rotatable bonds is 5. The molecule has 3 aromatic rings. The van der Waals surface area contributed by atoms with Gasteiger partial charge in [0.15, 0.2) is 0 Å². The maximum Gasteiger partial charge on any atom is 0.241 e. The fourth-order valence-corrected chi connectivity index (χ4v) is 4.67. The molecule has 1 saturated heterocycles. The second-order valence-corrected chi connectivity index (χ2v) is 8.53. The summed E-state index contributed by atoms with van der Waals surface area (Å²) in [5.41, 5.74) is 1.51.